The maximum Gasteiger partial charge on any atom is 0.261 e. The minimum Gasteiger partial charge on any atom is -0.360 e. The van der Waals surface area contributed by atoms with Crippen LogP contribution in [0.15, 0.2) is 51.5 Å². The van der Waals surface area contributed by atoms with Crippen molar-refractivity contribution in [1.29, 1.82) is 0 Å². The molecular weight excluding hydrogens is 399 g/mol. The van der Waals surface area contributed by atoms with Crippen LogP contribution in [0.4, 0.5) is 10.1 Å². The molecule has 0 aliphatic rings. The van der Waals surface area contributed by atoms with E-state index in [-0.39, 0.29) is 27.6 Å². The Balaban J connectivity index is 2.01. The average molecular weight is 410 g/mol. The van der Waals surface area contributed by atoms with Gasteiger partial charge in [0.05, 0.1) is 10.6 Å². The molecule has 1 amide bonds. The standard InChI is InChI=1S/C17H11BrClFN2O2/c1-9-14(17(23)21-11-7-5-10(18)6-8-11)16(22-24-9)15-12(19)3-2-4-13(15)20/h2-8H,1H3,(H,21,23). The number of amides is 1. The maximum absolute atomic E-state index is 14.2. The Kier molecular flexibility index (Phi) is 4.69. The number of hydrogen-bond donors (Lipinski definition) is 1. The van der Waals surface area contributed by atoms with Gasteiger partial charge in [0.15, 0.2) is 0 Å². The van der Waals surface area contributed by atoms with Gasteiger partial charge in [0, 0.05) is 10.2 Å². The Bertz CT molecular complexity index is 889. The van der Waals surface area contributed by atoms with E-state index >= 15 is 0 Å². The molecular formula is C17H11BrClFN2O2. The molecule has 3 rings (SSSR count). The zero-order chi connectivity index (χ0) is 17.3. The Labute approximate surface area is 150 Å². The number of halogens is 3. The summed E-state index contributed by atoms with van der Waals surface area (Å²) >= 11 is 9.40. The number of nitrogens with zero attached hydrogens (tertiary/aromatic N) is 1. The molecule has 0 aliphatic heterocycles. The van der Waals surface area contributed by atoms with Crippen LogP contribution >= 0.6 is 27.5 Å². The summed E-state index contributed by atoms with van der Waals surface area (Å²) < 4.78 is 20.1. The van der Waals surface area contributed by atoms with Crippen molar-refractivity contribution < 1.29 is 13.7 Å². The van der Waals surface area contributed by atoms with Crippen molar-refractivity contribution in [3.8, 4) is 11.3 Å². The largest absolute Gasteiger partial charge is 0.360 e. The van der Waals surface area contributed by atoms with Crippen LogP contribution in [0.3, 0.4) is 0 Å². The summed E-state index contributed by atoms with van der Waals surface area (Å²) in [5.74, 6) is -0.752. The predicted molar refractivity (Wildman–Crippen MR) is 93.7 cm³/mol. The molecule has 0 bridgehead atoms. The third-order valence-corrected chi connectivity index (χ3v) is 4.24. The van der Waals surface area contributed by atoms with Gasteiger partial charge in [0.25, 0.3) is 5.91 Å². The molecule has 1 heterocycles. The number of aromatic nitrogens is 1. The summed E-state index contributed by atoms with van der Waals surface area (Å²) in [6, 6.07) is 11.3. The first-order valence-electron chi connectivity index (χ1n) is 6.95. The highest BCUT2D eigenvalue weighted by Gasteiger charge is 2.25. The number of rotatable bonds is 3. The number of anilines is 1. The van der Waals surface area contributed by atoms with Gasteiger partial charge in [-0.05, 0) is 43.3 Å². The quantitative estimate of drug-likeness (QED) is 0.625. The van der Waals surface area contributed by atoms with Crippen LogP contribution in [0, 0.1) is 12.7 Å². The van der Waals surface area contributed by atoms with E-state index in [0.717, 1.165) is 4.47 Å². The smallest absolute Gasteiger partial charge is 0.261 e. The van der Waals surface area contributed by atoms with Crippen LogP contribution in [0.1, 0.15) is 16.1 Å². The van der Waals surface area contributed by atoms with Crippen molar-refractivity contribution in [1.82, 2.24) is 5.16 Å². The molecule has 0 aliphatic carbocycles. The Hall–Kier alpha value is -2.18. The lowest BCUT2D eigenvalue weighted by Gasteiger charge is -2.07. The fraction of sp³-hybridized carbons (Fsp3) is 0.0588. The molecule has 0 atom stereocenters. The number of benzene rings is 2. The first-order valence-corrected chi connectivity index (χ1v) is 8.12. The van der Waals surface area contributed by atoms with Crippen molar-refractivity contribution in [2.24, 2.45) is 0 Å². The summed E-state index contributed by atoms with van der Waals surface area (Å²) in [4.78, 5) is 12.6. The van der Waals surface area contributed by atoms with Crippen LogP contribution in [0.2, 0.25) is 5.02 Å². The number of carbonyl (C=O) groups excluding carboxylic acids is 1. The van der Waals surface area contributed by atoms with Crippen molar-refractivity contribution in [3.63, 3.8) is 0 Å². The van der Waals surface area contributed by atoms with E-state index in [2.05, 4.69) is 26.4 Å². The Morgan fingerprint density at radius 2 is 1.96 bits per heavy atom. The van der Waals surface area contributed by atoms with Crippen molar-refractivity contribution >= 4 is 39.1 Å². The average Bonchev–Trinajstić information content (AvgIpc) is 2.91. The Morgan fingerprint density at radius 3 is 2.62 bits per heavy atom. The summed E-state index contributed by atoms with van der Waals surface area (Å²) in [7, 11) is 0. The lowest BCUT2D eigenvalue weighted by molar-refractivity contribution is 0.102. The lowest BCUT2D eigenvalue weighted by Crippen LogP contribution is -2.13. The number of aryl methyl sites for hydroxylation is 1. The van der Waals surface area contributed by atoms with Gasteiger partial charge in [0.2, 0.25) is 0 Å². The van der Waals surface area contributed by atoms with Crippen LogP contribution in [0.25, 0.3) is 11.3 Å². The van der Waals surface area contributed by atoms with E-state index < -0.39 is 11.7 Å². The van der Waals surface area contributed by atoms with Gasteiger partial charge >= 0.3 is 0 Å². The van der Waals surface area contributed by atoms with Gasteiger partial charge in [-0.2, -0.15) is 0 Å². The summed E-state index contributed by atoms with van der Waals surface area (Å²) in [5, 5.41) is 6.71. The first kappa shape index (κ1) is 16.7. The minimum atomic E-state index is -0.575. The van der Waals surface area contributed by atoms with Crippen LogP contribution < -0.4 is 5.32 Å². The van der Waals surface area contributed by atoms with Gasteiger partial charge in [-0.3, -0.25) is 4.79 Å². The molecule has 2 aromatic carbocycles. The monoisotopic (exact) mass is 408 g/mol. The van der Waals surface area contributed by atoms with E-state index in [9.17, 15) is 9.18 Å². The summed E-state index contributed by atoms with van der Waals surface area (Å²) in [5.41, 5.74) is 0.849. The fourth-order valence-electron chi connectivity index (χ4n) is 2.26. The second-order valence-corrected chi connectivity index (χ2v) is 6.34. The topological polar surface area (TPSA) is 55.1 Å². The highest BCUT2D eigenvalue weighted by Crippen LogP contribution is 2.33. The van der Waals surface area contributed by atoms with E-state index in [1.165, 1.54) is 18.2 Å². The zero-order valence-electron chi connectivity index (χ0n) is 12.4. The molecule has 0 spiro atoms. The third-order valence-electron chi connectivity index (χ3n) is 3.39. The zero-order valence-corrected chi connectivity index (χ0v) is 14.8. The van der Waals surface area contributed by atoms with E-state index in [4.69, 9.17) is 16.1 Å². The van der Waals surface area contributed by atoms with E-state index in [1.807, 2.05) is 0 Å². The molecule has 3 aromatic rings. The van der Waals surface area contributed by atoms with Crippen molar-refractivity contribution in [2.75, 3.05) is 5.32 Å². The molecule has 122 valence electrons. The van der Waals surface area contributed by atoms with Gasteiger partial charge in [-0.15, -0.1) is 0 Å². The molecule has 0 unspecified atom stereocenters. The molecule has 0 saturated heterocycles. The molecule has 0 fully saturated rings. The highest BCUT2D eigenvalue weighted by molar-refractivity contribution is 9.10. The summed E-state index contributed by atoms with van der Waals surface area (Å²) in [6.45, 7) is 1.59. The van der Waals surface area contributed by atoms with Crippen LogP contribution in [0.5, 0.6) is 0 Å². The van der Waals surface area contributed by atoms with Gasteiger partial charge in [0.1, 0.15) is 22.8 Å². The normalized spacial score (nSPS) is 10.7. The first-order chi connectivity index (χ1) is 11.5. The minimum absolute atomic E-state index is 0.0389. The predicted octanol–water partition coefficient (Wildman–Crippen LogP) is 5.46. The van der Waals surface area contributed by atoms with E-state index in [0.29, 0.717) is 5.69 Å². The number of carbonyl (C=O) groups is 1. The van der Waals surface area contributed by atoms with Gasteiger partial charge < -0.3 is 9.84 Å². The summed E-state index contributed by atoms with van der Waals surface area (Å²) in [6.07, 6.45) is 0. The van der Waals surface area contributed by atoms with E-state index in [1.54, 1.807) is 31.2 Å². The SMILES string of the molecule is Cc1onc(-c2c(F)cccc2Cl)c1C(=O)Nc1ccc(Br)cc1. The lowest BCUT2D eigenvalue weighted by atomic mass is 10.0. The molecule has 1 N–H and O–H groups in total. The second-order valence-electron chi connectivity index (χ2n) is 5.02. The molecule has 7 heteroatoms. The van der Waals surface area contributed by atoms with Gasteiger partial charge in [-0.25, -0.2) is 4.39 Å². The molecule has 0 radical (unpaired) electrons. The van der Waals surface area contributed by atoms with Crippen LogP contribution in [-0.4, -0.2) is 11.1 Å². The molecule has 1 aromatic heterocycles. The highest BCUT2D eigenvalue weighted by atomic mass is 79.9. The third kappa shape index (κ3) is 3.20. The Morgan fingerprint density at radius 1 is 1.25 bits per heavy atom. The van der Waals surface area contributed by atoms with Crippen molar-refractivity contribution in [2.45, 2.75) is 6.92 Å². The number of hydrogen-bond acceptors (Lipinski definition) is 3. The van der Waals surface area contributed by atoms with Gasteiger partial charge in [-0.1, -0.05) is 38.8 Å². The molecule has 24 heavy (non-hydrogen) atoms. The molecule has 4 nitrogen and oxygen atoms in total. The second kappa shape index (κ2) is 6.75. The maximum atomic E-state index is 14.2. The fourth-order valence-corrected chi connectivity index (χ4v) is 2.78. The van der Waals surface area contributed by atoms with Crippen molar-refractivity contribution in [3.05, 3.63) is 69.1 Å². The number of nitrogens with one attached hydrogen (secondary N) is 1. The molecule has 0 saturated carbocycles. The van der Waals surface area contributed by atoms with Crippen LogP contribution in [-0.2, 0) is 0 Å².